The summed E-state index contributed by atoms with van der Waals surface area (Å²) in [5.74, 6) is -1.45. The number of ether oxygens (including phenoxy) is 1. The highest BCUT2D eigenvalue weighted by molar-refractivity contribution is 7.92. The molecule has 5 aromatic carbocycles. The number of alkyl carbamates (subject to hydrolysis) is 1. The van der Waals surface area contributed by atoms with Crippen LogP contribution in [0.2, 0.25) is 0 Å². The molecular weight excluding hydrogens is 645 g/mol. The van der Waals surface area contributed by atoms with Crippen molar-refractivity contribution >= 4 is 21.8 Å². The van der Waals surface area contributed by atoms with E-state index >= 15 is 8.42 Å². The van der Waals surface area contributed by atoms with E-state index in [9.17, 15) is 9.59 Å². The lowest BCUT2D eigenvalue weighted by Crippen LogP contribution is -2.53. The number of carbonyl (C=O) groups is 2. The van der Waals surface area contributed by atoms with Crippen molar-refractivity contribution in [3.63, 3.8) is 0 Å². The number of amides is 2. The van der Waals surface area contributed by atoms with Crippen LogP contribution < -0.4 is 10.6 Å². The van der Waals surface area contributed by atoms with E-state index < -0.39 is 38.4 Å². The molecule has 0 heterocycles. The van der Waals surface area contributed by atoms with Gasteiger partial charge < -0.3 is 15.4 Å². The lowest BCUT2D eigenvalue weighted by molar-refractivity contribution is -0.122. The van der Waals surface area contributed by atoms with Crippen LogP contribution in [0.3, 0.4) is 0 Å². The van der Waals surface area contributed by atoms with Crippen LogP contribution in [0, 0.1) is 0 Å². The van der Waals surface area contributed by atoms with Crippen molar-refractivity contribution in [1.82, 2.24) is 10.6 Å². The van der Waals surface area contributed by atoms with E-state index in [1.54, 1.807) is 72.8 Å². The Labute approximate surface area is 294 Å². The van der Waals surface area contributed by atoms with Gasteiger partial charge in [0.1, 0.15) is 17.4 Å². The Morgan fingerprint density at radius 2 is 1.14 bits per heavy atom. The first kappa shape index (κ1) is 34.6. The molecule has 2 amide bonds. The number of hydrogen-bond acceptors (Lipinski definition) is 5. The van der Waals surface area contributed by atoms with Gasteiger partial charge in [0.2, 0.25) is 5.91 Å². The molecule has 0 spiro atoms. The Hall–Kier alpha value is -5.21. The molecule has 0 bridgehead atoms. The Morgan fingerprint density at radius 1 is 0.680 bits per heavy atom. The maximum atomic E-state index is 15.2. The van der Waals surface area contributed by atoms with Gasteiger partial charge in [-0.25, -0.2) is 13.2 Å². The van der Waals surface area contributed by atoms with Gasteiger partial charge in [-0.3, -0.25) is 4.79 Å². The normalized spacial score (nSPS) is 13.1. The van der Waals surface area contributed by atoms with Gasteiger partial charge in [0, 0.05) is 12.5 Å². The lowest BCUT2D eigenvalue weighted by atomic mass is 9.84. The Balaban J connectivity index is 1.33. The molecule has 0 fully saturated rings. The van der Waals surface area contributed by atoms with Gasteiger partial charge >= 0.3 is 6.09 Å². The maximum Gasteiger partial charge on any atom is 0.407 e. The van der Waals surface area contributed by atoms with Crippen LogP contribution in [0.4, 0.5) is 4.79 Å². The van der Waals surface area contributed by atoms with Gasteiger partial charge in [0.05, 0.1) is 5.75 Å². The van der Waals surface area contributed by atoms with Gasteiger partial charge in [-0.15, -0.1) is 0 Å². The monoisotopic (exact) mass is 686 g/mol. The molecule has 6 rings (SSSR count). The molecule has 2 N–H and O–H groups in total. The van der Waals surface area contributed by atoms with Crippen molar-refractivity contribution in [2.45, 2.75) is 42.9 Å². The average Bonchev–Trinajstić information content (AvgIpc) is 3.47. The third kappa shape index (κ3) is 6.94. The van der Waals surface area contributed by atoms with Crippen molar-refractivity contribution in [2.75, 3.05) is 18.9 Å². The summed E-state index contributed by atoms with van der Waals surface area (Å²) in [5.41, 5.74) is 5.86. The molecular formula is C42H42N2O5S. The number of rotatable bonds is 14. The fourth-order valence-corrected chi connectivity index (χ4v) is 9.49. The zero-order valence-electron chi connectivity index (χ0n) is 28.1. The quantitative estimate of drug-likeness (QED) is 0.0926. The number of nitrogens with one attached hydrogen (secondary N) is 2. The van der Waals surface area contributed by atoms with E-state index in [4.69, 9.17) is 4.74 Å². The molecule has 1 unspecified atom stereocenters. The Bertz CT molecular complexity index is 1880. The first-order valence-electron chi connectivity index (χ1n) is 17.1. The predicted molar refractivity (Wildman–Crippen MR) is 198 cm³/mol. The standard InChI is InChI=1S/C42H42N2O5S/c1-2-3-17-28-43-40(45)39(44-41(46)49-29-38-36-26-15-13-24-34(36)35-25-14-16-27-37(35)38)30-50(47,48)42(31-18-7-4-8-19-31,32-20-9-5-10-21-32)33-22-11-6-12-23-33/h4-16,18-27,38-39H,2-3,17,28-30H2,1H3,(H,43,45)(H,44,46). The summed E-state index contributed by atoms with van der Waals surface area (Å²) in [6.45, 7) is 2.45. The molecule has 0 aromatic heterocycles. The third-order valence-electron chi connectivity index (χ3n) is 9.43. The minimum Gasteiger partial charge on any atom is -0.449 e. The fraction of sp³-hybridized carbons (Fsp3) is 0.238. The molecule has 0 saturated heterocycles. The molecule has 0 aliphatic heterocycles. The zero-order valence-corrected chi connectivity index (χ0v) is 28.9. The Kier molecular flexibility index (Phi) is 10.8. The SMILES string of the molecule is CCCCCNC(=O)C(CS(=O)(=O)C(c1ccccc1)(c1ccccc1)c1ccccc1)NC(=O)OCC1c2ccccc2-c2ccccc21. The zero-order chi connectivity index (χ0) is 35.0. The van der Waals surface area contributed by atoms with Crippen molar-refractivity contribution in [2.24, 2.45) is 0 Å². The molecule has 5 aromatic rings. The van der Waals surface area contributed by atoms with Crippen LogP contribution in [0.5, 0.6) is 0 Å². The summed E-state index contributed by atoms with van der Waals surface area (Å²) in [5, 5.41) is 5.53. The van der Waals surface area contributed by atoms with Gasteiger partial charge in [-0.1, -0.05) is 159 Å². The highest BCUT2D eigenvalue weighted by atomic mass is 32.2. The molecule has 0 radical (unpaired) electrons. The number of hydrogen-bond donors (Lipinski definition) is 2. The largest absolute Gasteiger partial charge is 0.449 e. The van der Waals surface area contributed by atoms with Crippen LogP contribution in [-0.2, 0) is 24.1 Å². The van der Waals surface area contributed by atoms with Gasteiger partial charge in [-0.05, 0) is 45.4 Å². The second-order valence-corrected chi connectivity index (χ2v) is 14.8. The molecule has 7 nitrogen and oxygen atoms in total. The third-order valence-corrected chi connectivity index (χ3v) is 11.8. The smallest absolute Gasteiger partial charge is 0.407 e. The molecule has 1 atom stereocenters. The summed E-state index contributed by atoms with van der Waals surface area (Å²) < 4.78 is 34.5. The van der Waals surface area contributed by atoms with Crippen LogP contribution in [0.15, 0.2) is 140 Å². The van der Waals surface area contributed by atoms with Crippen LogP contribution in [0.25, 0.3) is 11.1 Å². The average molecular weight is 687 g/mol. The highest BCUT2D eigenvalue weighted by Crippen LogP contribution is 2.46. The summed E-state index contributed by atoms with van der Waals surface area (Å²) in [4.78, 5) is 27.4. The number of unbranched alkanes of at least 4 members (excludes halogenated alkanes) is 2. The Morgan fingerprint density at radius 3 is 1.62 bits per heavy atom. The molecule has 50 heavy (non-hydrogen) atoms. The van der Waals surface area contributed by atoms with Crippen LogP contribution in [-0.4, -0.2) is 45.4 Å². The maximum absolute atomic E-state index is 15.2. The number of carbonyl (C=O) groups excluding carboxylic acids is 2. The van der Waals surface area contributed by atoms with E-state index in [2.05, 4.69) is 29.7 Å². The van der Waals surface area contributed by atoms with E-state index in [1.807, 2.05) is 54.6 Å². The second kappa shape index (κ2) is 15.6. The summed E-state index contributed by atoms with van der Waals surface area (Å²) >= 11 is 0. The van der Waals surface area contributed by atoms with Crippen molar-refractivity contribution < 1.29 is 22.7 Å². The number of fused-ring (bicyclic) bond motifs is 3. The molecule has 1 aliphatic carbocycles. The molecule has 256 valence electrons. The minimum atomic E-state index is -4.31. The van der Waals surface area contributed by atoms with Gasteiger partial charge in [0.25, 0.3) is 0 Å². The van der Waals surface area contributed by atoms with E-state index in [-0.39, 0.29) is 12.5 Å². The van der Waals surface area contributed by atoms with Crippen LogP contribution >= 0.6 is 0 Å². The van der Waals surface area contributed by atoms with E-state index in [1.165, 1.54) is 0 Å². The van der Waals surface area contributed by atoms with Gasteiger partial charge in [0.15, 0.2) is 9.84 Å². The molecule has 0 saturated carbocycles. The van der Waals surface area contributed by atoms with Crippen molar-refractivity contribution in [1.29, 1.82) is 0 Å². The van der Waals surface area contributed by atoms with Gasteiger partial charge in [-0.2, -0.15) is 0 Å². The summed E-state index contributed by atoms with van der Waals surface area (Å²) in [6.07, 6.45) is 1.73. The van der Waals surface area contributed by atoms with Crippen molar-refractivity contribution in [3.8, 4) is 11.1 Å². The van der Waals surface area contributed by atoms with E-state index in [0.717, 1.165) is 41.5 Å². The first-order chi connectivity index (χ1) is 24.4. The minimum absolute atomic E-state index is 0.0272. The number of sulfone groups is 1. The van der Waals surface area contributed by atoms with Crippen LogP contribution in [0.1, 0.15) is 59.9 Å². The second-order valence-electron chi connectivity index (χ2n) is 12.6. The highest BCUT2D eigenvalue weighted by Gasteiger charge is 2.50. The topological polar surface area (TPSA) is 102 Å². The molecule has 8 heteroatoms. The number of benzene rings is 5. The first-order valence-corrected chi connectivity index (χ1v) is 18.8. The summed E-state index contributed by atoms with van der Waals surface area (Å²) in [7, 11) is -4.31. The molecule has 1 aliphatic rings. The van der Waals surface area contributed by atoms with E-state index in [0.29, 0.717) is 23.2 Å². The summed E-state index contributed by atoms with van der Waals surface area (Å²) in [6, 6.07) is 41.7. The van der Waals surface area contributed by atoms with Crippen molar-refractivity contribution in [3.05, 3.63) is 167 Å². The predicted octanol–water partition coefficient (Wildman–Crippen LogP) is 7.61. The fourth-order valence-electron chi connectivity index (χ4n) is 7.08. The lowest BCUT2D eigenvalue weighted by Gasteiger charge is -2.36.